The van der Waals surface area contributed by atoms with Crippen LogP contribution in [0, 0.1) is 0 Å². The second-order valence-corrected chi connectivity index (χ2v) is 6.85. The van der Waals surface area contributed by atoms with Crippen molar-refractivity contribution in [2.45, 2.75) is 6.04 Å². The fourth-order valence-corrected chi connectivity index (χ4v) is 3.35. The van der Waals surface area contributed by atoms with Gasteiger partial charge in [-0.05, 0) is 56.1 Å². The summed E-state index contributed by atoms with van der Waals surface area (Å²) >= 11 is 8.54. The van der Waals surface area contributed by atoms with Crippen molar-refractivity contribution < 1.29 is 5.11 Å². The number of thiophene rings is 1. The van der Waals surface area contributed by atoms with Gasteiger partial charge in [-0.2, -0.15) is 0 Å². The monoisotopic (exact) mass is 375 g/mol. The number of aliphatic hydroxyl groups excluding tert-OH is 1. The SMILES string of the molecule is OCC(Nc1ccccc1Br)c1ccc(Br)s1. The Hall–Kier alpha value is -0.360. The van der Waals surface area contributed by atoms with E-state index in [1.165, 1.54) is 0 Å². The first-order valence-electron chi connectivity index (χ1n) is 5.08. The van der Waals surface area contributed by atoms with Gasteiger partial charge in [0.2, 0.25) is 0 Å². The summed E-state index contributed by atoms with van der Waals surface area (Å²) in [6.07, 6.45) is 0. The zero-order valence-corrected chi connectivity index (χ0v) is 12.8. The van der Waals surface area contributed by atoms with E-state index in [-0.39, 0.29) is 12.6 Å². The molecule has 0 aliphatic heterocycles. The minimum absolute atomic E-state index is 0.0638. The Labute approximate surface area is 121 Å². The third kappa shape index (κ3) is 3.31. The van der Waals surface area contributed by atoms with Gasteiger partial charge < -0.3 is 10.4 Å². The molecule has 0 spiro atoms. The topological polar surface area (TPSA) is 32.3 Å². The molecule has 90 valence electrons. The number of aliphatic hydroxyl groups is 1. The second-order valence-electron chi connectivity index (χ2n) is 3.50. The molecular weight excluding hydrogens is 366 g/mol. The molecule has 2 aromatic rings. The van der Waals surface area contributed by atoms with Gasteiger partial charge in [0.1, 0.15) is 0 Å². The van der Waals surface area contributed by atoms with Gasteiger partial charge in [0.15, 0.2) is 0 Å². The molecule has 2 rings (SSSR count). The fraction of sp³-hybridized carbons (Fsp3) is 0.167. The van der Waals surface area contributed by atoms with Crippen LogP contribution in [0.3, 0.4) is 0 Å². The number of nitrogens with one attached hydrogen (secondary N) is 1. The third-order valence-corrected chi connectivity index (χ3v) is 4.75. The Morgan fingerprint density at radius 1 is 1.18 bits per heavy atom. The molecule has 2 N–H and O–H groups in total. The minimum Gasteiger partial charge on any atom is -0.394 e. The van der Waals surface area contributed by atoms with Crippen LogP contribution in [0.15, 0.2) is 44.7 Å². The molecule has 0 amide bonds. The van der Waals surface area contributed by atoms with E-state index >= 15 is 0 Å². The van der Waals surface area contributed by atoms with Gasteiger partial charge in [-0.15, -0.1) is 11.3 Å². The Bertz CT molecular complexity index is 501. The maximum absolute atomic E-state index is 9.45. The molecule has 0 aliphatic carbocycles. The van der Waals surface area contributed by atoms with E-state index in [1.807, 2.05) is 36.4 Å². The van der Waals surface area contributed by atoms with Crippen molar-refractivity contribution in [2.75, 3.05) is 11.9 Å². The highest BCUT2D eigenvalue weighted by molar-refractivity contribution is 9.11. The Balaban J connectivity index is 2.18. The number of rotatable bonds is 4. The molecule has 0 radical (unpaired) electrons. The van der Waals surface area contributed by atoms with Crippen LogP contribution >= 0.6 is 43.2 Å². The Kier molecular flexibility index (Phi) is 4.62. The molecule has 1 aromatic carbocycles. The zero-order chi connectivity index (χ0) is 12.3. The van der Waals surface area contributed by atoms with Gasteiger partial charge in [-0.1, -0.05) is 12.1 Å². The predicted molar refractivity (Wildman–Crippen MR) is 79.6 cm³/mol. The predicted octanol–water partition coefficient (Wildman–Crippen LogP) is 4.42. The molecule has 1 heterocycles. The number of anilines is 1. The highest BCUT2D eigenvalue weighted by Crippen LogP contribution is 2.31. The van der Waals surface area contributed by atoms with E-state index < -0.39 is 0 Å². The molecule has 17 heavy (non-hydrogen) atoms. The zero-order valence-electron chi connectivity index (χ0n) is 8.86. The normalized spacial score (nSPS) is 12.4. The molecule has 0 fully saturated rings. The van der Waals surface area contributed by atoms with Crippen LogP contribution in [-0.4, -0.2) is 11.7 Å². The Morgan fingerprint density at radius 2 is 1.94 bits per heavy atom. The van der Waals surface area contributed by atoms with E-state index in [2.05, 4.69) is 37.2 Å². The summed E-state index contributed by atoms with van der Waals surface area (Å²) in [5, 5.41) is 12.8. The van der Waals surface area contributed by atoms with Crippen LogP contribution < -0.4 is 5.32 Å². The van der Waals surface area contributed by atoms with Crippen molar-refractivity contribution in [3.05, 3.63) is 49.5 Å². The van der Waals surface area contributed by atoms with Gasteiger partial charge in [-0.25, -0.2) is 0 Å². The smallest absolute Gasteiger partial charge is 0.0838 e. The van der Waals surface area contributed by atoms with Crippen molar-refractivity contribution in [3.63, 3.8) is 0 Å². The summed E-state index contributed by atoms with van der Waals surface area (Å²) in [4.78, 5) is 1.11. The van der Waals surface area contributed by atoms with Crippen LogP contribution in [0.4, 0.5) is 5.69 Å². The third-order valence-electron chi connectivity index (χ3n) is 2.32. The second kappa shape index (κ2) is 6.00. The molecule has 5 heteroatoms. The van der Waals surface area contributed by atoms with E-state index in [9.17, 15) is 5.11 Å². The number of halogens is 2. The number of para-hydroxylation sites is 1. The first kappa shape index (κ1) is 13.1. The Morgan fingerprint density at radius 3 is 2.53 bits per heavy atom. The highest BCUT2D eigenvalue weighted by Gasteiger charge is 2.13. The summed E-state index contributed by atoms with van der Waals surface area (Å²) in [7, 11) is 0. The van der Waals surface area contributed by atoms with Crippen molar-refractivity contribution in [3.8, 4) is 0 Å². The maximum Gasteiger partial charge on any atom is 0.0838 e. The van der Waals surface area contributed by atoms with Gasteiger partial charge in [0, 0.05) is 15.0 Å². The molecule has 0 aliphatic rings. The summed E-state index contributed by atoms with van der Waals surface area (Å²) in [6.45, 7) is 0.0638. The van der Waals surface area contributed by atoms with Gasteiger partial charge in [0.25, 0.3) is 0 Å². The molecule has 1 atom stereocenters. The molecule has 0 saturated heterocycles. The van der Waals surface area contributed by atoms with Crippen LogP contribution in [0.25, 0.3) is 0 Å². The quantitative estimate of drug-likeness (QED) is 0.827. The lowest BCUT2D eigenvalue weighted by molar-refractivity contribution is 0.277. The average molecular weight is 377 g/mol. The lowest BCUT2D eigenvalue weighted by Gasteiger charge is -2.17. The molecule has 1 aromatic heterocycles. The molecule has 0 saturated carbocycles. The lowest BCUT2D eigenvalue weighted by Crippen LogP contribution is -2.13. The largest absolute Gasteiger partial charge is 0.394 e. The standard InChI is InChI=1S/C12H11Br2NOS/c13-8-3-1-2-4-9(8)15-10(7-16)11-5-6-12(14)17-11/h1-6,10,15-16H,7H2. The molecule has 0 bridgehead atoms. The van der Waals surface area contributed by atoms with Gasteiger partial charge >= 0.3 is 0 Å². The van der Waals surface area contributed by atoms with Crippen molar-refractivity contribution in [2.24, 2.45) is 0 Å². The first-order valence-corrected chi connectivity index (χ1v) is 7.48. The number of benzene rings is 1. The maximum atomic E-state index is 9.45. The molecular formula is C12H11Br2NOS. The van der Waals surface area contributed by atoms with Crippen molar-refractivity contribution >= 4 is 48.9 Å². The van der Waals surface area contributed by atoms with Crippen LogP contribution in [-0.2, 0) is 0 Å². The summed E-state index contributed by atoms with van der Waals surface area (Å²) < 4.78 is 2.06. The van der Waals surface area contributed by atoms with Crippen molar-refractivity contribution in [1.29, 1.82) is 0 Å². The molecule has 1 unspecified atom stereocenters. The summed E-state index contributed by atoms with van der Waals surface area (Å²) in [5.41, 5.74) is 0.982. The fourth-order valence-electron chi connectivity index (χ4n) is 1.49. The van der Waals surface area contributed by atoms with Crippen molar-refractivity contribution in [1.82, 2.24) is 0 Å². The van der Waals surface area contributed by atoms with Gasteiger partial charge in [-0.3, -0.25) is 0 Å². The number of hydrogen-bond acceptors (Lipinski definition) is 3. The molecule has 2 nitrogen and oxygen atoms in total. The van der Waals surface area contributed by atoms with E-state index in [1.54, 1.807) is 11.3 Å². The summed E-state index contributed by atoms with van der Waals surface area (Å²) in [6, 6.07) is 11.8. The van der Waals surface area contributed by atoms with Gasteiger partial charge in [0.05, 0.1) is 16.4 Å². The first-order chi connectivity index (χ1) is 8.20. The highest BCUT2D eigenvalue weighted by atomic mass is 79.9. The van der Waals surface area contributed by atoms with Crippen LogP contribution in [0.5, 0.6) is 0 Å². The van der Waals surface area contributed by atoms with E-state index in [0.717, 1.165) is 18.8 Å². The minimum atomic E-state index is -0.0787. The lowest BCUT2D eigenvalue weighted by atomic mass is 10.2. The average Bonchev–Trinajstić information content (AvgIpc) is 2.75. The van der Waals surface area contributed by atoms with Crippen LogP contribution in [0.1, 0.15) is 10.9 Å². The van der Waals surface area contributed by atoms with Crippen LogP contribution in [0.2, 0.25) is 0 Å². The van der Waals surface area contributed by atoms with E-state index in [4.69, 9.17) is 0 Å². The number of hydrogen-bond donors (Lipinski definition) is 2. The summed E-state index contributed by atoms with van der Waals surface area (Å²) in [5.74, 6) is 0. The van der Waals surface area contributed by atoms with E-state index in [0.29, 0.717) is 0 Å².